The minimum Gasteiger partial charge on any atom is -0.496 e. The van der Waals surface area contributed by atoms with Gasteiger partial charge < -0.3 is 24.8 Å². The van der Waals surface area contributed by atoms with E-state index >= 15 is 0 Å². The zero-order valence-electron chi connectivity index (χ0n) is 20.6. The molecule has 0 bridgehead atoms. The zero-order valence-corrected chi connectivity index (χ0v) is 20.6. The van der Waals surface area contributed by atoms with E-state index in [4.69, 9.17) is 24.8 Å². The van der Waals surface area contributed by atoms with Crippen molar-refractivity contribution in [3.8, 4) is 11.5 Å². The van der Waals surface area contributed by atoms with Gasteiger partial charge in [0.05, 0.1) is 25.3 Å². The highest BCUT2D eigenvalue weighted by Crippen LogP contribution is 2.27. The van der Waals surface area contributed by atoms with E-state index in [1.165, 1.54) is 14.2 Å². The maximum atomic E-state index is 10.8. The van der Waals surface area contributed by atoms with E-state index in [2.05, 4.69) is 0 Å². The van der Waals surface area contributed by atoms with Gasteiger partial charge in [0.2, 0.25) is 0 Å². The molecule has 0 unspecified atom stereocenters. The van der Waals surface area contributed by atoms with Gasteiger partial charge in [-0.25, -0.2) is 14.4 Å². The Morgan fingerprint density at radius 1 is 0.600 bits per heavy atom. The topological polar surface area (TPSA) is 130 Å². The molecule has 0 amide bonds. The molecule has 8 heteroatoms. The second-order valence-electron chi connectivity index (χ2n) is 7.59. The van der Waals surface area contributed by atoms with Crippen LogP contribution in [0.25, 0.3) is 0 Å². The summed E-state index contributed by atoms with van der Waals surface area (Å²) in [6.45, 7) is 7.53. The van der Waals surface area contributed by atoms with Crippen molar-refractivity contribution < 1.29 is 39.2 Å². The Kier molecular flexibility index (Phi) is 11.0. The lowest BCUT2D eigenvalue weighted by Crippen LogP contribution is -2.03. The van der Waals surface area contributed by atoms with Gasteiger partial charge in [-0.05, 0) is 63.1 Å². The van der Waals surface area contributed by atoms with Crippen molar-refractivity contribution in [1.29, 1.82) is 0 Å². The number of aryl methyl sites for hydroxylation is 4. The first-order chi connectivity index (χ1) is 16.4. The van der Waals surface area contributed by atoms with E-state index in [9.17, 15) is 14.4 Å². The molecule has 0 heterocycles. The molecule has 0 radical (unpaired) electrons. The Bertz CT molecular complexity index is 1140. The number of carboxylic acids is 3. The summed E-state index contributed by atoms with van der Waals surface area (Å²) in [6.07, 6.45) is 0. The van der Waals surface area contributed by atoms with Crippen LogP contribution in [0.4, 0.5) is 0 Å². The molecule has 0 aliphatic rings. The van der Waals surface area contributed by atoms with Crippen molar-refractivity contribution in [1.82, 2.24) is 0 Å². The fourth-order valence-corrected chi connectivity index (χ4v) is 3.28. The number of methoxy groups -OCH3 is 2. The molecular formula is C27H30O8. The summed E-state index contributed by atoms with van der Waals surface area (Å²) in [4.78, 5) is 31.9. The fourth-order valence-electron chi connectivity index (χ4n) is 3.28. The Labute approximate surface area is 204 Å². The standard InChI is InChI=1S/C10H12O2.C9H10O4.C8H8O2/c1-6-4-7(2)9(10(11)12)8(3)5-6;1-12-6-4-3-5-7(13-2)8(6)9(10)11;1-6-2-4-7(5-3-6)8(9)10/h4-5H,1-3H3,(H,11,12);3-5H,1-2H3,(H,10,11);2-5H,1H3,(H,9,10). The number of hydrogen-bond donors (Lipinski definition) is 3. The number of carbonyl (C=O) groups is 3. The summed E-state index contributed by atoms with van der Waals surface area (Å²) in [7, 11) is 2.84. The van der Waals surface area contributed by atoms with Crippen LogP contribution in [0, 0.1) is 27.7 Å². The fraction of sp³-hybridized carbons (Fsp3) is 0.222. The van der Waals surface area contributed by atoms with Crippen molar-refractivity contribution in [3.05, 3.63) is 93.5 Å². The van der Waals surface area contributed by atoms with Crippen LogP contribution >= 0.6 is 0 Å². The molecule has 3 rings (SSSR count). The van der Waals surface area contributed by atoms with Crippen LogP contribution in [-0.4, -0.2) is 47.4 Å². The maximum absolute atomic E-state index is 10.8. The third kappa shape index (κ3) is 8.51. The number of carboxylic acid groups (broad SMARTS) is 3. The quantitative estimate of drug-likeness (QED) is 0.440. The first kappa shape index (κ1) is 28.7. The Hall–Kier alpha value is -4.33. The molecule has 0 aromatic heterocycles. The van der Waals surface area contributed by atoms with Crippen molar-refractivity contribution in [2.45, 2.75) is 27.7 Å². The van der Waals surface area contributed by atoms with E-state index in [1.807, 2.05) is 39.8 Å². The molecule has 35 heavy (non-hydrogen) atoms. The highest BCUT2D eigenvalue weighted by Gasteiger charge is 2.16. The van der Waals surface area contributed by atoms with Gasteiger partial charge in [-0.3, -0.25) is 0 Å². The van der Waals surface area contributed by atoms with E-state index in [0.717, 1.165) is 22.3 Å². The number of benzene rings is 3. The molecule has 0 aliphatic carbocycles. The minimum absolute atomic E-state index is 0.0486. The third-order valence-corrected chi connectivity index (χ3v) is 4.83. The molecule has 186 valence electrons. The second kappa shape index (κ2) is 13.4. The molecule has 0 spiro atoms. The molecule has 0 saturated heterocycles. The minimum atomic E-state index is -1.06. The summed E-state index contributed by atoms with van der Waals surface area (Å²) in [5.74, 6) is -2.18. The first-order valence-electron chi connectivity index (χ1n) is 10.5. The zero-order chi connectivity index (χ0) is 26.7. The van der Waals surface area contributed by atoms with Gasteiger partial charge in [-0.2, -0.15) is 0 Å². The van der Waals surface area contributed by atoms with E-state index in [0.29, 0.717) is 22.6 Å². The van der Waals surface area contributed by atoms with Crippen molar-refractivity contribution >= 4 is 17.9 Å². The predicted molar refractivity (Wildman–Crippen MR) is 132 cm³/mol. The number of aromatic carboxylic acids is 3. The molecule has 3 aromatic carbocycles. The molecule has 3 aromatic rings. The maximum Gasteiger partial charge on any atom is 0.343 e. The van der Waals surface area contributed by atoms with E-state index in [1.54, 1.807) is 42.5 Å². The highest BCUT2D eigenvalue weighted by molar-refractivity contribution is 5.94. The Morgan fingerprint density at radius 3 is 1.37 bits per heavy atom. The average molecular weight is 483 g/mol. The van der Waals surface area contributed by atoms with Crippen LogP contribution < -0.4 is 9.47 Å². The Balaban J connectivity index is 0.000000265. The SMILES string of the molecule is COc1cccc(OC)c1C(=O)O.Cc1cc(C)c(C(=O)O)c(C)c1.Cc1ccc(C(=O)O)cc1. The molecule has 0 saturated carbocycles. The Morgan fingerprint density at radius 2 is 1.03 bits per heavy atom. The lowest BCUT2D eigenvalue weighted by Gasteiger charge is -2.08. The normalized spacial score (nSPS) is 9.54. The van der Waals surface area contributed by atoms with Crippen LogP contribution in [0.1, 0.15) is 53.3 Å². The largest absolute Gasteiger partial charge is 0.496 e. The smallest absolute Gasteiger partial charge is 0.343 e. The number of hydrogen-bond acceptors (Lipinski definition) is 5. The third-order valence-electron chi connectivity index (χ3n) is 4.83. The average Bonchev–Trinajstić information content (AvgIpc) is 2.78. The van der Waals surface area contributed by atoms with Gasteiger partial charge >= 0.3 is 17.9 Å². The van der Waals surface area contributed by atoms with E-state index < -0.39 is 17.9 Å². The summed E-state index contributed by atoms with van der Waals surface area (Å²) in [5.41, 5.74) is 4.67. The molecular weight excluding hydrogens is 452 g/mol. The van der Waals surface area contributed by atoms with Gasteiger partial charge in [0.1, 0.15) is 17.1 Å². The van der Waals surface area contributed by atoms with Gasteiger partial charge in [0.15, 0.2) is 0 Å². The molecule has 8 nitrogen and oxygen atoms in total. The summed E-state index contributed by atoms with van der Waals surface area (Å²) < 4.78 is 9.78. The lowest BCUT2D eigenvalue weighted by atomic mass is 10.0. The lowest BCUT2D eigenvalue weighted by molar-refractivity contribution is 0.0680. The summed E-state index contributed by atoms with van der Waals surface area (Å²) in [5, 5.41) is 26.2. The highest BCUT2D eigenvalue weighted by atomic mass is 16.5. The monoisotopic (exact) mass is 482 g/mol. The number of ether oxygens (including phenoxy) is 2. The molecule has 0 aliphatic heterocycles. The first-order valence-corrected chi connectivity index (χ1v) is 10.5. The van der Waals surface area contributed by atoms with Crippen molar-refractivity contribution in [3.63, 3.8) is 0 Å². The number of rotatable bonds is 5. The summed E-state index contributed by atoms with van der Waals surface area (Å²) in [6, 6.07) is 15.3. The predicted octanol–water partition coefficient (Wildman–Crippen LogP) is 5.41. The van der Waals surface area contributed by atoms with Crippen molar-refractivity contribution in [2.75, 3.05) is 14.2 Å². The molecule has 3 N–H and O–H groups in total. The van der Waals surface area contributed by atoms with Gasteiger partial charge in [0, 0.05) is 0 Å². The summed E-state index contributed by atoms with van der Waals surface area (Å²) >= 11 is 0. The van der Waals surface area contributed by atoms with Gasteiger partial charge in [-0.1, -0.05) is 41.5 Å². The van der Waals surface area contributed by atoms with Crippen LogP contribution in [0.15, 0.2) is 54.6 Å². The van der Waals surface area contributed by atoms with E-state index in [-0.39, 0.29) is 5.56 Å². The van der Waals surface area contributed by atoms with Gasteiger partial charge in [0.25, 0.3) is 0 Å². The molecule has 0 fully saturated rings. The van der Waals surface area contributed by atoms with Gasteiger partial charge in [-0.15, -0.1) is 0 Å². The van der Waals surface area contributed by atoms with Crippen LogP contribution in [0.2, 0.25) is 0 Å². The van der Waals surface area contributed by atoms with Crippen LogP contribution in [0.3, 0.4) is 0 Å². The van der Waals surface area contributed by atoms with Crippen LogP contribution in [0.5, 0.6) is 11.5 Å². The second-order valence-corrected chi connectivity index (χ2v) is 7.59. The molecule has 0 atom stereocenters. The van der Waals surface area contributed by atoms with Crippen molar-refractivity contribution in [2.24, 2.45) is 0 Å². The van der Waals surface area contributed by atoms with Crippen LogP contribution in [-0.2, 0) is 0 Å².